The Bertz CT molecular complexity index is 894. The summed E-state index contributed by atoms with van der Waals surface area (Å²) in [5.41, 5.74) is 1.57. The monoisotopic (exact) mass is 444 g/mol. The van der Waals surface area contributed by atoms with Crippen LogP contribution in [0.3, 0.4) is 0 Å². The Labute approximate surface area is 191 Å². The minimum absolute atomic E-state index is 0.00386. The first-order chi connectivity index (χ1) is 15.3. The number of aromatic nitrogens is 1. The van der Waals surface area contributed by atoms with Gasteiger partial charge >= 0.3 is 6.03 Å². The number of rotatable bonds is 11. The highest BCUT2D eigenvalue weighted by molar-refractivity contribution is 5.94. The molecule has 0 aliphatic heterocycles. The third kappa shape index (κ3) is 6.67. The van der Waals surface area contributed by atoms with E-state index in [1.54, 1.807) is 25.3 Å². The molecule has 1 aromatic carbocycles. The van der Waals surface area contributed by atoms with Crippen LogP contribution in [-0.2, 0) is 18.4 Å². The zero-order valence-corrected chi connectivity index (χ0v) is 20.1. The van der Waals surface area contributed by atoms with Crippen molar-refractivity contribution in [2.75, 3.05) is 32.6 Å². The predicted molar refractivity (Wildman–Crippen MR) is 126 cm³/mol. The van der Waals surface area contributed by atoms with Crippen LogP contribution in [0.2, 0.25) is 0 Å². The minimum Gasteiger partial charge on any atom is -0.497 e. The van der Waals surface area contributed by atoms with Gasteiger partial charge in [-0.05, 0) is 44.5 Å². The van der Waals surface area contributed by atoms with Crippen LogP contribution >= 0.6 is 0 Å². The molecule has 0 spiro atoms. The Morgan fingerprint density at radius 2 is 1.91 bits per heavy atom. The van der Waals surface area contributed by atoms with Crippen molar-refractivity contribution < 1.29 is 19.1 Å². The van der Waals surface area contributed by atoms with Crippen LogP contribution in [-0.4, -0.2) is 59.7 Å². The summed E-state index contributed by atoms with van der Waals surface area (Å²) < 4.78 is 12.6. The molecule has 8 heteroatoms. The van der Waals surface area contributed by atoms with Gasteiger partial charge in [-0.25, -0.2) is 4.79 Å². The molecule has 0 saturated heterocycles. The summed E-state index contributed by atoms with van der Waals surface area (Å²) >= 11 is 0. The molecular weight excluding hydrogens is 408 g/mol. The van der Waals surface area contributed by atoms with Crippen molar-refractivity contribution in [3.63, 3.8) is 0 Å². The molecule has 0 bridgehead atoms. The van der Waals surface area contributed by atoms with Gasteiger partial charge in [0.25, 0.3) is 0 Å². The smallest absolute Gasteiger partial charge is 0.322 e. The molecule has 8 nitrogen and oxygen atoms in total. The number of nitrogens with zero attached hydrogens (tertiary/aromatic N) is 3. The summed E-state index contributed by atoms with van der Waals surface area (Å²) in [6, 6.07) is 8.63. The number of ether oxygens (including phenoxy) is 2. The average Bonchev–Trinajstić information content (AvgIpc) is 3.18. The number of carbonyl (C=O) groups excluding carboxylic acids is 2. The highest BCUT2D eigenvalue weighted by Gasteiger charge is 2.24. The molecule has 0 radical (unpaired) electrons. The molecule has 176 valence electrons. The van der Waals surface area contributed by atoms with Crippen LogP contribution in [0.4, 0.5) is 10.5 Å². The fraction of sp³-hybridized carbons (Fsp3) is 0.500. The number of amides is 3. The zero-order valence-electron chi connectivity index (χ0n) is 20.1. The summed E-state index contributed by atoms with van der Waals surface area (Å²) in [6.07, 6.45) is 3.86. The molecule has 3 amide bonds. The first-order valence-electron chi connectivity index (χ1n) is 11.0. The van der Waals surface area contributed by atoms with Crippen LogP contribution in [0, 0.1) is 0 Å². The summed E-state index contributed by atoms with van der Waals surface area (Å²) in [5.74, 6) is 1.04. The molecule has 1 N–H and O–H groups in total. The van der Waals surface area contributed by atoms with E-state index < -0.39 is 0 Å². The van der Waals surface area contributed by atoms with E-state index in [0.29, 0.717) is 30.3 Å². The molecule has 1 heterocycles. The normalized spacial score (nSPS) is 10.7. The number of carbonyl (C=O) groups is 2. The van der Waals surface area contributed by atoms with Crippen molar-refractivity contribution >= 4 is 17.6 Å². The lowest BCUT2D eigenvalue weighted by molar-refractivity contribution is -0.132. The number of benzene rings is 1. The summed E-state index contributed by atoms with van der Waals surface area (Å²) in [4.78, 5) is 29.7. The Balaban J connectivity index is 2.15. The Morgan fingerprint density at radius 1 is 1.16 bits per heavy atom. The van der Waals surface area contributed by atoms with Crippen molar-refractivity contribution in [3.05, 3.63) is 42.2 Å². The van der Waals surface area contributed by atoms with Gasteiger partial charge in [0.1, 0.15) is 18.0 Å². The van der Waals surface area contributed by atoms with Crippen molar-refractivity contribution in [1.29, 1.82) is 0 Å². The van der Waals surface area contributed by atoms with Gasteiger partial charge in [-0.3, -0.25) is 4.79 Å². The van der Waals surface area contributed by atoms with Crippen molar-refractivity contribution in [1.82, 2.24) is 14.4 Å². The summed E-state index contributed by atoms with van der Waals surface area (Å²) in [5, 5.41) is 2.87. The number of urea groups is 1. The Morgan fingerprint density at radius 3 is 2.47 bits per heavy atom. The highest BCUT2D eigenvalue weighted by atomic mass is 16.5. The van der Waals surface area contributed by atoms with Gasteiger partial charge in [-0.15, -0.1) is 0 Å². The lowest BCUT2D eigenvalue weighted by Gasteiger charge is -2.30. The molecule has 2 aromatic rings. The van der Waals surface area contributed by atoms with E-state index in [9.17, 15) is 9.59 Å². The van der Waals surface area contributed by atoms with Gasteiger partial charge in [0.15, 0.2) is 0 Å². The predicted octanol–water partition coefficient (Wildman–Crippen LogP) is 4.11. The second-order valence-electron chi connectivity index (χ2n) is 8.00. The molecule has 0 aliphatic carbocycles. The number of hydrogen-bond donors (Lipinski definition) is 1. The van der Waals surface area contributed by atoms with E-state index in [0.717, 1.165) is 18.5 Å². The maximum atomic E-state index is 13.2. The standard InChI is InChI=1S/C24H36N4O4/c1-7-8-14-27(16-19-10-9-13-26(19)4)23(29)17-28(18(2)3)24(30)25-21-12-11-20(31-5)15-22(21)32-6/h9-13,15,18H,7-8,14,16-17H2,1-6H3,(H,25,30). The Kier molecular flexibility index (Phi) is 9.43. The molecule has 0 unspecified atom stereocenters. The summed E-state index contributed by atoms with van der Waals surface area (Å²) in [6.45, 7) is 7.05. The lowest BCUT2D eigenvalue weighted by atomic mass is 10.2. The number of nitrogens with one attached hydrogen (secondary N) is 1. The molecule has 1 aromatic heterocycles. The van der Waals surface area contributed by atoms with E-state index in [1.807, 2.05) is 48.7 Å². The maximum Gasteiger partial charge on any atom is 0.322 e. The maximum absolute atomic E-state index is 13.2. The third-order valence-corrected chi connectivity index (χ3v) is 5.38. The van der Waals surface area contributed by atoms with Crippen LogP contribution in [0.1, 0.15) is 39.3 Å². The fourth-order valence-electron chi connectivity index (χ4n) is 3.32. The fourth-order valence-corrected chi connectivity index (χ4v) is 3.32. The average molecular weight is 445 g/mol. The van der Waals surface area contributed by atoms with E-state index in [1.165, 1.54) is 12.0 Å². The number of hydrogen-bond acceptors (Lipinski definition) is 4. The van der Waals surface area contributed by atoms with Gasteiger partial charge in [0, 0.05) is 37.6 Å². The van der Waals surface area contributed by atoms with E-state index in [4.69, 9.17) is 9.47 Å². The first kappa shape index (κ1) is 25.1. The molecule has 32 heavy (non-hydrogen) atoms. The van der Waals surface area contributed by atoms with E-state index >= 15 is 0 Å². The topological polar surface area (TPSA) is 76.0 Å². The molecular formula is C24H36N4O4. The van der Waals surface area contributed by atoms with Gasteiger partial charge in [0.2, 0.25) is 5.91 Å². The highest BCUT2D eigenvalue weighted by Crippen LogP contribution is 2.29. The number of aryl methyl sites for hydroxylation is 1. The van der Waals surface area contributed by atoms with Crippen LogP contribution in [0.25, 0.3) is 0 Å². The van der Waals surface area contributed by atoms with Crippen molar-refractivity contribution in [2.24, 2.45) is 7.05 Å². The second kappa shape index (κ2) is 12.0. The van der Waals surface area contributed by atoms with Crippen LogP contribution < -0.4 is 14.8 Å². The van der Waals surface area contributed by atoms with E-state index in [2.05, 4.69) is 12.2 Å². The zero-order chi connectivity index (χ0) is 23.7. The second-order valence-corrected chi connectivity index (χ2v) is 8.00. The minimum atomic E-state index is -0.355. The largest absolute Gasteiger partial charge is 0.497 e. The van der Waals surface area contributed by atoms with E-state index in [-0.39, 0.29) is 24.5 Å². The molecule has 0 fully saturated rings. The van der Waals surface area contributed by atoms with Gasteiger partial charge < -0.3 is 29.2 Å². The molecule has 2 rings (SSSR count). The lowest BCUT2D eigenvalue weighted by Crippen LogP contribution is -2.47. The third-order valence-electron chi connectivity index (χ3n) is 5.38. The van der Waals surface area contributed by atoms with Crippen molar-refractivity contribution in [2.45, 2.75) is 46.2 Å². The van der Waals surface area contributed by atoms with Gasteiger partial charge in [-0.1, -0.05) is 13.3 Å². The Hall–Kier alpha value is -3.16. The van der Waals surface area contributed by atoms with Crippen LogP contribution in [0.15, 0.2) is 36.5 Å². The number of anilines is 1. The number of methoxy groups -OCH3 is 2. The number of unbranched alkanes of at least 4 members (excludes halogenated alkanes) is 1. The molecule has 0 atom stereocenters. The quantitative estimate of drug-likeness (QED) is 0.566. The molecule has 0 saturated carbocycles. The first-order valence-corrected chi connectivity index (χ1v) is 11.0. The van der Waals surface area contributed by atoms with Gasteiger partial charge in [0.05, 0.1) is 26.5 Å². The van der Waals surface area contributed by atoms with Gasteiger partial charge in [-0.2, -0.15) is 0 Å². The SMILES string of the molecule is CCCCN(Cc1cccn1C)C(=O)CN(C(=O)Nc1ccc(OC)cc1OC)C(C)C. The molecule has 0 aliphatic rings. The van der Waals surface area contributed by atoms with Crippen molar-refractivity contribution in [3.8, 4) is 11.5 Å². The summed E-state index contributed by atoms with van der Waals surface area (Å²) in [7, 11) is 5.07. The van der Waals surface area contributed by atoms with Crippen LogP contribution in [0.5, 0.6) is 11.5 Å².